The van der Waals surface area contributed by atoms with Crippen LogP contribution in [0.25, 0.3) is 0 Å². The summed E-state index contributed by atoms with van der Waals surface area (Å²) in [6.07, 6.45) is 4.54. The highest BCUT2D eigenvalue weighted by atomic mass is 79.9. The summed E-state index contributed by atoms with van der Waals surface area (Å²) < 4.78 is 0. The van der Waals surface area contributed by atoms with Gasteiger partial charge in [0.05, 0.1) is 4.83 Å². The Labute approximate surface area is 91.9 Å². The van der Waals surface area contributed by atoms with Crippen molar-refractivity contribution in [3.05, 3.63) is 30.1 Å². The second-order valence-electron chi connectivity index (χ2n) is 3.62. The van der Waals surface area contributed by atoms with Crippen LogP contribution < -0.4 is 0 Å². The molecule has 0 aliphatic heterocycles. The van der Waals surface area contributed by atoms with Gasteiger partial charge in [-0.3, -0.25) is 9.78 Å². The lowest BCUT2D eigenvalue weighted by Gasteiger charge is -2.25. The molecule has 0 saturated heterocycles. The van der Waals surface area contributed by atoms with Crippen molar-refractivity contribution in [2.75, 3.05) is 0 Å². The van der Waals surface area contributed by atoms with Gasteiger partial charge in [0.1, 0.15) is 5.78 Å². The number of alkyl halides is 1. The highest BCUT2D eigenvalue weighted by Gasteiger charge is 2.31. The fourth-order valence-corrected chi connectivity index (χ4v) is 2.66. The molecule has 3 heteroatoms. The zero-order valence-electron chi connectivity index (χ0n) is 7.82. The average Bonchev–Trinajstić information content (AvgIpc) is 2.23. The lowest BCUT2D eigenvalue weighted by Crippen LogP contribution is -2.27. The number of halogens is 1. The topological polar surface area (TPSA) is 30.0 Å². The number of hydrogen-bond donors (Lipinski definition) is 0. The van der Waals surface area contributed by atoms with Gasteiger partial charge in [-0.25, -0.2) is 0 Å². The normalized spacial score (nSPS) is 27.6. The molecule has 2 atom stereocenters. The first-order valence-corrected chi connectivity index (χ1v) is 5.78. The monoisotopic (exact) mass is 253 g/mol. The van der Waals surface area contributed by atoms with E-state index < -0.39 is 0 Å². The highest BCUT2D eigenvalue weighted by Crippen LogP contribution is 2.34. The fraction of sp³-hybridized carbons (Fsp3) is 0.455. The minimum Gasteiger partial charge on any atom is -0.298 e. The SMILES string of the molecule is O=C1CCCC(c2ccccn2)C1Br. The number of carbonyl (C=O) groups excluding carboxylic acids is 1. The smallest absolute Gasteiger partial charge is 0.147 e. The molecule has 0 amide bonds. The summed E-state index contributed by atoms with van der Waals surface area (Å²) in [5, 5.41) is 0. The van der Waals surface area contributed by atoms with Gasteiger partial charge in [-0.2, -0.15) is 0 Å². The molecule has 0 N–H and O–H groups in total. The molecule has 0 spiro atoms. The van der Waals surface area contributed by atoms with Crippen LogP contribution in [0.2, 0.25) is 0 Å². The molecule has 1 aliphatic carbocycles. The number of hydrogen-bond acceptors (Lipinski definition) is 2. The van der Waals surface area contributed by atoms with Crippen molar-refractivity contribution in [1.29, 1.82) is 0 Å². The molecule has 2 rings (SSSR count). The van der Waals surface area contributed by atoms with E-state index in [2.05, 4.69) is 20.9 Å². The molecule has 1 aliphatic rings. The van der Waals surface area contributed by atoms with E-state index in [1.807, 2.05) is 18.2 Å². The van der Waals surface area contributed by atoms with Crippen LogP contribution in [0.4, 0.5) is 0 Å². The van der Waals surface area contributed by atoms with Gasteiger partial charge in [-0.05, 0) is 25.0 Å². The van der Waals surface area contributed by atoms with Crippen molar-refractivity contribution >= 4 is 21.7 Å². The van der Waals surface area contributed by atoms with Crippen LogP contribution in [0.3, 0.4) is 0 Å². The van der Waals surface area contributed by atoms with E-state index in [9.17, 15) is 4.79 Å². The summed E-state index contributed by atoms with van der Waals surface area (Å²) in [5.74, 6) is 0.573. The van der Waals surface area contributed by atoms with E-state index in [0.29, 0.717) is 12.2 Å². The van der Waals surface area contributed by atoms with E-state index in [0.717, 1.165) is 18.5 Å². The fourth-order valence-electron chi connectivity index (χ4n) is 1.90. The number of Topliss-reactive ketones (excluding diaryl/α,β-unsaturated/α-hetero) is 1. The zero-order valence-corrected chi connectivity index (χ0v) is 9.40. The largest absolute Gasteiger partial charge is 0.298 e. The molecule has 1 saturated carbocycles. The van der Waals surface area contributed by atoms with Gasteiger partial charge in [0.25, 0.3) is 0 Å². The molecular weight excluding hydrogens is 242 g/mol. The summed E-state index contributed by atoms with van der Waals surface area (Å²) in [4.78, 5) is 15.8. The van der Waals surface area contributed by atoms with Crippen LogP contribution in [0, 0.1) is 0 Å². The van der Waals surface area contributed by atoms with E-state index in [4.69, 9.17) is 0 Å². The number of aromatic nitrogens is 1. The molecule has 1 heterocycles. The summed E-state index contributed by atoms with van der Waals surface area (Å²) in [7, 11) is 0. The molecule has 1 aromatic rings. The Morgan fingerprint density at radius 3 is 3.00 bits per heavy atom. The third-order valence-corrected chi connectivity index (χ3v) is 3.82. The van der Waals surface area contributed by atoms with Gasteiger partial charge >= 0.3 is 0 Å². The highest BCUT2D eigenvalue weighted by molar-refractivity contribution is 9.10. The van der Waals surface area contributed by atoms with Crippen LogP contribution in [0.5, 0.6) is 0 Å². The summed E-state index contributed by atoms with van der Waals surface area (Å²) in [6, 6.07) is 5.87. The van der Waals surface area contributed by atoms with Crippen molar-refractivity contribution in [3.63, 3.8) is 0 Å². The van der Waals surface area contributed by atoms with Gasteiger partial charge in [0.2, 0.25) is 0 Å². The maximum absolute atomic E-state index is 11.5. The summed E-state index contributed by atoms with van der Waals surface area (Å²) >= 11 is 3.47. The molecule has 0 bridgehead atoms. The van der Waals surface area contributed by atoms with E-state index >= 15 is 0 Å². The first-order chi connectivity index (χ1) is 6.79. The average molecular weight is 254 g/mol. The van der Waals surface area contributed by atoms with Gasteiger partial charge < -0.3 is 0 Å². The van der Waals surface area contributed by atoms with Gasteiger partial charge in [-0.15, -0.1) is 0 Å². The number of rotatable bonds is 1. The van der Waals surface area contributed by atoms with Crippen molar-refractivity contribution in [2.24, 2.45) is 0 Å². The number of ketones is 1. The summed E-state index contributed by atoms with van der Waals surface area (Å²) in [5.41, 5.74) is 1.03. The Kier molecular flexibility index (Phi) is 2.96. The minimum atomic E-state index is -0.0360. The number of carbonyl (C=O) groups is 1. The second kappa shape index (κ2) is 4.22. The van der Waals surface area contributed by atoms with Gasteiger partial charge in [0.15, 0.2) is 0 Å². The maximum atomic E-state index is 11.5. The Balaban J connectivity index is 2.22. The predicted molar refractivity (Wildman–Crippen MR) is 58.6 cm³/mol. The molecule has 74 valence electrons. The molecule has 14 heavy (non-hydrogen) atoms. The minimum absolute atomic E-state index is 0.0360. The number of pyridine rings is 1. The van der Waals surface area contributed by atoms with E-state index in [1.54, 1.807) is 6.20 Å². The van der Waals surface area contributed by atoms with Crippen LogP contribution in [0.15, 0.2) is 24.4 Å². The van der Waals surface area contributed by atoms with Gasteiger partial charge in [-0.1, -0.05) is 22.0 Å². The standard InChI is InChI=1S/C11H12BrNO/c12-11-8(4-3-6-10(11)14)9-5-1-2-7-13-9/h1-2,5,7-8,11H,3-4,6H2. The lowest BCUT2D eigenvalue weighted by molar-refractivity contribution is -0.120. The molecule has 2 unspecified atom stereocenters. The molecule has 1 fully saturated rings. The van der Waals surface area contributed by atoms with Crippen molar-refractivity contribution in [2.45, 2.75) is 30.0 Å². The Bertz CT molecular complexity index is 325. The molecule has 2 nitrogen and oxygen atoms in total. The quantitative estimate of drug-likeness (QED) is 0.721. The van der Waals surface area contributed by atoms with Crippen LogP contribution in [0.1, 0.15) is 30.9 Å². The first kappa shape index (κ1) is 9.84. The first-order valence-electron chi connectivity index (χ1n) is 4.87. The van der Waals surface area contributed by atoms with E-state index in [1.165, 1.54) is 0 Å². The number of nitrogens with zero attached hydrogens (tertiary/aromatic N) is 1. The van der Waals surface area contributed by atoms with Crippen LogP contribution in [-0.4, -0.2) is 15.6 Å². The predicted octanol–water partition coefficient (Wildman–Crippen LogP) is 2.68. The Morgan fingerprint density at radius 1 is 1.43 bits per heavy atom. The Hall–Kier alpha value is -0.700. The van der Waals surface area contributed by atoms with Crippen LogP contribution >= 0.6 is 15.9 Å². The van der Waals surface area contributed by atoms with Crippen molar-refractivity contribution in [1.82, 2.24) is 4.98 Å². The third kappa shape index (κ3) is 1.87. The zero-order chi connectivity index (χ0) is 9.97. The maximum Gasteiger partial charge on any atom is 0.147 e. The van der Waals surface area contributed by atoms with E-state index in [-0.39, 0.29) is 10.7 Å². The van der Waals surface area contributed by atoms with Crippen LogP contribution in [-0.2, 0) is 4.79 Å². The molecular formula is C11H12BrNO. The second-order valence-corrected chi connectivity index (χ2v) is 4.61. The molecule has 0 aromatic carbocycles. The van der Waals surface area contributed by atoms with Gasteiger partial charge in [0, 0.05) is 24.2 Å². The summed E-state index contributed by atoms with van der Waals surface area (Å²) in [6.45, 7) is 0. The Morgan fingerprint density at radius 2 is 2.29 bits per heavy atom. The molecule has 1 aromatic heterocycles. The molecule has 0 radical (unpaired) electrons. The third-order valence-electron chi connectivity index (χ3n) is 2.67. The van der Waals surface area contributed by atoms with Crippen molar-refractivity contribution < 1.29 is 4.79 Å². The van der Waals surface area contributed by atoms with Crippen molar-refractivity contribution in [3.8, 4) is 0 Å². The lowest BCUT2D eigenvalue weighted by atomic mass is 9.86.